The Balaban J connectivity index is 0.811. The van der Waals surface area contributed by atoms with E-state index in [2.05, 4.69) is 79.9 Å². The number of nitrogens with zero attached hydrogens (tertiary/aromatic N) is 5. The Morgan fingerprint density at radius 3 is 2.55 bits per heavy atom. The number of likely N-dealkylation sites (N-methyl/N-ethyl adjacent to an activating group) is 1. The van der Waals surface area contributed by atoms with Gasteiger partial charge in [0.25, 0.3) is 21.6 Å². The Kier molecular flexibility index (Phi) is 11.2. The SMILES string of the molecule is CC(C)c1ccccc1[C@H]1C2C(C[C@H]1N1CC3(CCN(c4ccc(C(=O)NS(=O)(=O)c5cc6c(c([N+](=O)[O-])c5)N[C@@H](C5CCC(C)(O)CC5)CO6)c(Oc5cnc6[nH]cc(F)c6c5)c4)CC3)C1)N2C. The Bertz CT molecular complexity index is 2960. The van der Waals surface area contributed by atoms with Crippen LogP contribution in [0.15, 0.2) is 78.0 Å². The topological polar surface area (TPSA) is 195 Å². The number of hydrogen-bond acceptors (Lipinski definition) is 13. The molecule has 1 amide bonds. The van der Waals surface area contributed by atoms with Crippen molar-refractivity contribution in [2.24, 2.45) is 11.3 Å². The number of carbonyl (C=O) groups is 1. The second-order valence-corrected chi connectivity index (χ2v) is 22.8. The molecular weight excluding hydrogens is 904 g/mol. The fourth-order valence-corrected chi connectivity index (χ4v) is 13.4. The first kappa shape index (κ1) is 45.6. The Morgan fingerprint density at radius 1 is 1.06 bits per heavy atom. The number of sulfonamides is 1. The number of anilines is 2. The minimum atomic E-state index is -4.72. The summed E-state index contributed by atoms with van der Waals surface area (Å²) < 4.78 is 57.0. The Morgan fingerprint density at radius 2 is 1.81 bits per heavy atom. The van der Waals surface area contributed by atoms with Gasteiger partial charge < -0.3 is 29.8 Å². The number of nitro groups is 1. The number of rotatable bonds is 11. The molecule has 3 saturated heterocycles. The molecule has 4 N–H and O–H groups in total. The predicted octanol–water partition coefficient (Wildman–Crippen LogP) is 7.90. The van der Waals surface area contributed by atoms with Gasteiger partial charge in [-0.3, -0.25) is 24.7 Å². The summed E-state index contributed by atoms with van der Waals surface area (Å²) in [6.45, 7) is 10.2. The lowest BCUT2D eigenvalue weighted by Crippen LogP contribution is -2.64. The monoisotopic (exact) mass is 962 g/mol. The highest BCUT2D eigenvalue weighted by atomic mass is 32.2. The van der Waals surface area contributed by atoms with Gasteiger partial charge in [-0.05, 0) is 105 Å². The minimum absolute atomic E-state index is 0.0177. The van der Waals surface area contributed by atoms with E-state index in [0.717, 1.165) is 50.8 Å². The number of aromatic nitrogens is 2. The zero-order chi connectivity index (χ0) is 48.1. The average Bonchev–Trinajstić information content (AvgIpc) is 3.56. The molecule has 18 heteroatoms. The van der Waals surface area contributed by atoms with Crippen molar-refractivity contribution in [1.82, 2.24) is 24.5 Å². The van der Waals surface area contributed by atoms with E-state index in [9.17, 15) is 32.8 Å². The standard InChI is InChI=1S/C51H59FN8O8S/c1-29(2)34-7-5-6-8-35(34)45-40(23-42-47(45)57(42)4)59-27-51(28-59)15-17-58(18-16-51)31-9-10-36(43(19-31)68-32-20-37-38(52)25-54-48(37)53-24-32)49(61)56-69(65,66)33-21-41(60(63)64)46-44(22-33)67-26-39(55-46)30-11-13-50(3,62)14-12-30/h5-10,19-22,24-25,29-30,39-40,42,45,47,55,62H,11-18,23,26-28H2,1-4H3,(H,53,54)(H,56,61)/t30?,39-,40-,42?,45-,47?,50?,57?/m1/s1. The Labute approximate surface area is 400 Å². The number of hydrogen-bond donors (Lipinski definition) is 4. The van der Waals surface area contributed by atoms with Gasteiger partial charge in [0.15, 0.2) is 11.4 Å². The summed E-state index contributed by atoms with van der Waals surface area (Å²) in [7, 11) is -2.46. The summed E-state index contributed by atoms with van der Waals surface area (Å²) in [6.07, 6.45) is 8.29. The molecule has 3 aromatic carbocycles. The lowest BCUT2D eigenvalue weighted by molar-refractivity contribution is -0.384. The van der Waals surface area contributed by atoms with Crippen LogP contribution in [0.2, 0.25) is 0 Å². The number of likely N-dealkylation sites (tertiary alicyclic amines) is 2. The molecule has 6 aliphatic rings. The molecule has 4 aliphatic heterocycles. The number of nitro benzene ring substituents is 1. The maximum Gasteiger partial charge on any atom is 0.297 e. The van der Waals surface area contributed by atoms with Gasteiger partial charge in [-0.25, -0.2) is 22.5 Å². The highest BCUT2D eigenvalue weighted by molar-refractivity contribution is 7.90. The smallest absolute Gasteiger partial charge is 0.297 e. The number of carbonyl (C=O) groups excluding carboxylic acids is 1. The molecule has 0 bridgehead atoms. The first-order valence-corrected chi connectivity index (χ1v) is 25.7. The maximum absolute atomic E-state index is 14.7. The van der Waals surface area contributed by atoms with Gasteiger partial charge in [0.05, 0.1) is 38.6 Å². The summed E-state index contributed by atoms with van der Waals surface area (Å²) in [6, 6.07) is 19.0. The number of nitrogens with one attached hydrogen (secondary N) is 3. The molecule has 69 heavy (non-hydrogen) atoms. The van der Waals surface area contributed by atoms with Crippen molar-refractivity contribution in [3.63, 3.8) is 0 Å². The fraction of sp³-hybridized carbons (Fsp3) is 0.490. The minimum Gasteiger partial charge on any atom is -0.489 e. The molecule has 2 saturated carbocycles. The van der Waals surface area contributed by atoms with Gasteiger partial charge in [0.1, 0.15) is 29.6 Å². The summed E-state index contributed by atoms with van der Waals surface area (Å²) >= 11 is 0. The highest BCUT2D eigenvalue weighted by Gasteiger charge is 2.62. The van der Waals surface area contributed by atoms with Crippen LogP contribution in [0.5, 0.6) is 17.2 Å². The molecule has 5 fully saturated rings. The van der Waals surface area contributed by atoms with E-state index in [-0.39, 0.29) is 57.9 Å². The van der Waals surface area contributed by atoms with E-state index in [0.29, 0.717) is 61.3 Å². The zero-order valence-corrected chi connectivity index (χ0v) is 40.1. The number of halogens is 1. The largest absolute Gasteiger partial charge is 0.489 e. The third-order valence-electron chi connectivity index (χ3n) is 16.4. The average molecular weight is 963 g/mol. The Hall–Kier alpha value is -5.82. The maximum atomic E-state index is 14.7. The molecule has 11 rings (SSSR count). The fourth-order valence-electron chi connectivity index (χ4n) is 12.4. The molecule has 2 aromatic heterocycles. The lowest BCUT2D eigenvalue weighted by atomic mass is 9.70. The molecule has 6 atom stereocenters. The van der Waals surface area contributed by atoms with E-state index in [1.807, 2.05) is 0 Å². The molecule has 6 heterocycles. The van der Waals surface area contributed by atoms with Gasteiger partial charge in [-0.2, -0.15) is 0 Å². The van der Waals surface area contributed by atoms with Crippen LogP contribution in [-0.4, -0.2) is 114 Å². The first-order chi connectivity index (χ1) is 33.0. The van der Waals surface area contributed by atoms with E-state index >= 15 is 0 Å². The van der Waals surface area contributed by atoms with E-state index in [1.54, 1.807) is 19.1 Å². The summed E-state index contributed by atoms with van der Waals surface area (Å²) in [4.78, 5) is 39.9. The van der Waals surface area contributed by atoms with Crippen molar-refractivity contribution < 1.29 is 37.1 Å². The van der Waals surface area contributed by atoms with E-state index in [4.69, 9.17) is 9.47 Å². The van der Waals surface area contributed by atoms with Crippen molar-refractivity contribution in [2.45, 2.75) is 112 Å². The van der Waals surface area contributed by atoms with Crippen LogP contribution in [-0.2, 0) is 10.0 Å². The van der Waals surface area contributed by atoms with Crippen LogP contribution in [0.25, 0.3) is 11.0 Å². The van der Waals surface area contributed by atoms with E-state index < -0.39 is 42.9 Å². The molecule has 3 unspecified atom stereocenters. The highest BCUT2D eigenvalue weighted by Crippen LogP contribution is 2.56. The second-order valence-electron chi connectivity index (χ2n) is 21.1. The number of pyridine rings is 1. The number of benzene rings is 3. The van der Waals surface area contributed by atoms with E-state index in [1.165, 1.54) is 48.1 Å². The lowest BCUT2D eigenvalue weighted by Gasteiger charge is -2.57. The van der Waals surface area contributed by atoms with Crippen molar-refractivity contribution in [2.75, 3.05) is 50.1 Å². The second kappa shape index (κ2) is 16.9. The third kappa shape index (κ3) is 8.35. The van der Waals surface area contributed by atoms with Crippen LogP contribution in [0.1, 0.15) is 99.0 Å². The van der Waals surface area contributed by atoms with Crippen LogP contribution >= 0.6 is 0 Å². The number of aromatic amines is 1. The van der Waals surface area contributed by atoms with Crippen molar-refractivity contribution in [1.29, 1.82) is 0 Å². The van der Waals surface area contributed by atoms with Gasteiger partial charge >= 0.3 is 0 Å². The number of aliphatic hydroxyl groups is 1. The van der Waals surface area contributed by atoms with Crippen LogP contribution in [0.4, 0.5) is 21.5 Å². The molecule has 364 valence electrons. The number of fused-ring (bicyclic) bond motifs is 3. The van der Waals surface area contributed by atoms with Gasteiger partial charge in [0, 0.05) is 80.3 Å². The molecule has 2 aliphatic carbocycles. The first-order valence-electron chi connectivity index (χ1n) is 24.2. The third-order valence-corrected chi connectivity index (χ3v) is 17.7. The predicted molar refractivity (Wildman–Crippen MR) is 258 cm³/mol. The van der Waals surface area contributed by atoms with Gasteiger partial charge in [-0.15, -0.1) is 0 Å². The zero-order valence-electron chi connectivity index (χ0n) is 39.3. The normalized spacial score (nSPS) is 28.3. The number of amides is 1. The van der Waals surface area contributed by atoms with Gasteiger partial charge in [-0.1, -0.05) is 38.1 Å². The molecular formula is C51H59FN8O8S. The van der Waals surface area contributed by atoms with Crippen LogP contribution in [0, 0.1) is 27.3 Å². The van der Waals surface area contributed by atoms with Crippen LogP contribution < -0.4 is 24.4 Å². The summed E-state index contributed by atoms with van der Waals surface area (Å²) in [5.41, 5.74) is 2.89. The number of H-pyrrole nitrogens is 1. The molecule has 0 radical (unpaired) electrons. The van der Waals surface area contributed by atoms with Crippen LogP contribution in [0.3, 0.4) is 0 Å². The number of piperidine rings is 2. The summed E-state index contributed by atoms with van der Waals surface area (Å²) in [5.74, 6) is -0.418. The number of ether oxygens (including phenoxy) is 2. The van der Waals surface area contributed by atoms with Crippen molar-refractivity contribution >= 4 is 44.0 Å². The van der Waals surface area contributed by atoms with Crippen molar-refractivity contribution in [3.8, 4) is 17.2 Å². The molecule has 16 nitrogen and oxygen atoms in total. The summed E-state index contributed by atoms with van der Waals surface area (Å²) in [5, 5.41) is 26.3. The molecule has 1 spiro atoms. The van der Waals surface area contributed by atoms with Gasteiger partial charge in [0.2, 0.25) is 0 Å². The molecule has 5 aromatic rings. The van der Waals surface area contributed by atoms with Crippen molar-refractivity contribution in [3.05, 3.63) is 106 Å². The quantitative estimate of drug-likeness (QED) is 0.0567.